The van der Waals surface area contributed by atoms with Gasteiger partial charge in [-0.3, -0.25) is 4.79 Å². The first-order valence-electron chi connectivity index (χ1n) is 6.22. The number of carboxylic acid groups (broad SMARTS) is 1. The molecule has 6 nitrogen and oxygen atoms in total. The second-order valence-corrected chi connectivity index (χ2v) is 4.39. The number of carboxylic acids is 1. The highest BCUT2D eigenvalue weighted by atomic mass is 16.5. The highest BCUT2D eigenvalue weighted by molar-refractivity contribution is 5.95. The van der Waals surface area contributed by atoms with Crippen LogP contribution in [-0.4, -0.2) is 52.7 Å². The molecule has 1 aliphatic heterocycles. The minimum absolute atomic E-state index is 0.0648. The number of hydrogen-bond donors (Lipinski definition) is 1. The van der Waals surface area contributed by atoms with Crippen LogP contribution in [0.4, 0.5) is 0 Å². The van der Waals surface area contributed by atoms with E-state index in [1.807, 2.05) is 6.92 Å². The lowest BCUT2D eigenvalue weighted by atomic mass is 10.2. The lowest BCUT2D eigenvalue weighted by Crippen LogP contribution is -2.45. The Kier molecular flexibility index (Phi) is 4.11. The summed E-state index contributed by atoms with van der Waals surface area (Å²) in [5, 5.41) is 8.76. The monoisotopic (exact) mass is 264 g/mol. The van der Waals surface area contributed by atoms with Gasteiger partial charge in [-0.15, -0.1) is 0 Å². The van der Waals surface area contributed by atoms with Gasteiger partial charge in [0.25, 0.3) is 5.91 Å². The van der Waals surface area contributed by atoms with Crippen molar-refractivity contribution in [2.75, 3.05) is 19.7 Å². The number of carbonyl (C=O) groups is 2. The van der Waals surface area contributed by atoms with Crippen molar-refractivity contribution in [1.82, 2.24) is 9.88 Å². The zero-order valence-corrected chi connectivity index (χ0v) is 10.7. The summed E-state index contributed by atoms with van der Waals surface area (Å²) in [5.74, 6) is -1.23. The van der Waals surface area contributed by atoms with Crippen molar-refractivity contribution < 1.29 is 19.4 Å². The van der Waals surface area contributed by atoms with Crippen molar-refractivity contribution >= 4 is 11.9 Å². The molecule has 0 aliphatic carbocycles. The summed E-state index contributed by atoms with van der Waals surface area (Å²) in [6.07, 6.45) is 2.24. The van der Waals surface area contributed by atoms with E-state index < -0.39 is 5.97 Å². The van der Waals surface area contributed by atoms with Gasteiger partial charge < -0.3 is 14.7 Å². The second-order valence-electron chi connectivity index (χ2n) is 4.39. The molecule has 1 saturated heterocycles. The van der Waals surface area contributed by atoms with Crippen molar-refractivity contribution in [3.8, 4) is 0 Å². The predicted molar refractivity (Wildman–Crippen MR) is 67.1 cm³/mol. The largest absolute Gasteiger partial charge is 0.477 e. The maximum atomic E-state index is 12.2. The van der Waals surface area contributed by atoms with Crippen LogP contribution in [0.25, 0.3) is 0 Å². The molecule has 0 radical (unpaired) electrons. The molecule has 1 aromatic rings. The lowest BCUT2D eigenvalue weighted by molar-refractivity contribution is -0.0226. The maximum absolute atomic E-state index is 12.2. The van der Waals surface area contributed by atoms with Crippen LogP contribution in [0.2, 0.25) is 0 Å². The summed E-state index contributed by atoms with van der Waals surface area (Å²) in [4.78, 5) is 28.4. The minimum Gasteiger partial charge on any atom is -0.477 e. The summed E-state index contributed by atoms with van der Waals surface area (Å²) in [7, 11) is 0. The van der Waals surface area contributed by atoms with Crippen molar-refractivity contribution in [2.24, 2.45) is 0 Å². The van der Waals surface area contributed by atoms with Gasteiger partial charge in [0.2, 0.25) is 0 Å². The van der Waals surface area contributed by atoms with Crippen LogP contribution in [0, 0.1) is 0 Å². The molecule has 0 saturated carbocycles. The molecule has 1 fully saturated rings. The fraction of sp³-hybridized carbons (Fsp3) is 0.462. The Balaban J connectivity index is 2.08. The molecule has 19 heavy (non-hydrogen) atoms. The summed E-state index contributed by atoms with van der Waals surface area (Å²) in [5.41, 5.74) is 0.340. The number of aromatic carboxylic acids is 1. The van der Waals surface area contributed by atoms with Crippen molar-refractivity contribution in [3.63, 3.8) is 0 Å². The number of amides is 1. The van der Waals surface area contributed by atoms with E-state index in [0.29, 0.717) is 25.3 Å². The van der Waals surface area contributed by atoms with Crippen LogP contribution >= 0.6 is 0 Å². The first-order valence-corrected chi connectivity index (χ1v) is 6.22. The first-order chi connectivity index (χ1) is 9.11. The Hall–Kier alpha value is -1.95. The Labute approximate surface area is 111 Å². The molecule has 0 bridgehead atoms. The number of ether oxygens (including phenoxy) is 1. The van der Waals surface area contributed by atoms with E-state index in [-0.39, 0.29) is 17.7 Å². The van der Waals surface area contributed by atoms with Gasteiger partial charge >= 0.3 is 5.97 Å². The highest BCUT2D eigenvalue weighted by Crippen LogP contribution is 2.12. The molecule has 1 unspecified atom stereocenters. The van der Waals surface area contributed by atoms with Gasteiger partial charge in [-0.25, -0.2) is 9.78 Å². The van der Waals surface area contributed by atoms with Crippen LogP contribution < -0.4 is 0 Å². The predicted octanol–water partition coefficient (Wildman–Crippen LogP) is 1.03. The zero-order chi connectivity index (χ0) is 13.8. The zero-order valence-electron chi connectivity index (χ0n) is 10.7. The second kappa shape index (κ2) is 5.79. The molecule has 1 atom stereocenters. The van der Waals surface area contributed by atoms with Gasteiger partial charge in [0, 0.05) is 19.3 Å². The van der Waals surface area contributed by atoms with E-state index >= 15 is 0 Å². The molecule has 1 N–H and O–H groups in total. The van der Waals surface area contributed by atoms with E-state index in [1.54, 1.807) is 4.90 Å². The van der Waals surface area contributed by atoms with Crippen LogP contribution in [0.5, 0.6) is 0 Å². The number of carbonyl (C=O) groups excluding carboxylic acids is 1. The lowest BCUT2D eigenvalue weighted by Gasteiger charge is -2.32. The van der Waals surface area contributed by atoms with Crippen molar-refractivity contribution in [2.45, 2.75) is 19.4 Å². The Morgan fingerprint density at radius 2 is 2.32 bits per heavy atom. The molecule has 102 valence electrons. The maximum Gasteiger partial charge on any atom is 0.354 e. The van der Waals surface area contributed by atoms with E-state index in [4.69, 9.17) is 9.84 Å². The molecule has 1 aromatic heterocycles. The van der Waals surface area contributed by atoms with E-state index in [0.717, 1.165) is 6.42 Å². The summed E-state index contributed by atoms with van der Waals surface area (Å²) in [6.45, 7) is 3.67. The Bertz CT molecular complexity index is 472. The molecule has 0 spiro atoms. The molecule has 6 heteroatoms. The molecule has 0 aromatic carbocycles. The van der Waals surface area contributed by atoms with Gasteiger partial charge in [0.15, 0.2) is 0 Å². The van der Waals surface area contributed by atoms with Crippen molar-refractivity contribution in [1.29, 1.82) is 0 Å². The number of rotatable bonds is 3. The topological polar surface area (TPSA) is 79.7 Å². The number of pyridine rings is 1. The standard InChI is InChI=1S/C13H16N2O4/c1-2-10-8-15(5-6-19-10)12(16)9-3-4-11(13(17)18)14-7-9/h3-4,7,10H,2,5-6,8H2,1H3,(H,17,18). The van der Waals surface area contributed by atoms with Crippen LogP contribution in [-0.2, 0) is 4.74 Å². The Morgan fingerprint density at radius 3 is 2.89 bits per heavy atom. The SMILES string of the molecule is CCC1CN(C(=O)c2ccc(C(=O)O)nc2)CCO1. The van der Waals surface area contributed by atoms with Gasteiger partial charge in [0.1, 0.15) is 5.69 Å². The molecule has 2 heterocycles. The van der Waals surface area contributed by atoms with Crippen LogP contribution in [0.3, 0.4) is 0 Å². The van der Waals surface area contributed by atoms with Gasteiger partial charge in [-0.05, 0) is 18.6 Å². The molecule has 1 aliphatic rings. The third kappa shape index (κ3) is 3.08. The summed E-state index contributed by atoms with van der Waals surface area (Å²) >= 11 is 0. The van der Waals surface area contributed by atoms with Gasteiger partial charge in [0.05, 0.1) is 18.3 Å². The van der Waals surface area contributed by atoms with E-state index in [2.05, 4.69) is 4.98 Å². The van der Waals surface area contributed by atoms with Crippen LogP contribution in [0.15, 0.2) is 18.3 Å². The average Bonchev–Trinajstić information content (AvgIpc) is 2.46. The highest BCUT2D eigenvalue weighted by Gasteiger charge is 2.24. The number of morpholine rings is 1. The van der Waals surface area contributed by atoms with E-state index in [1.165, 1.54) is 18.3 Å². The smallest absolute Gasteiger partial charge is 0.354 e. The van der Waals surface area contributed by atoms with E-state index in [9.17, 15) is 9.59 Å². The molecular weight excluding hydrogens is 248 g/mol. The number of aromatic nitrogens is 1. The average molecular weight is 264 g/mol. The van der Waals surface area contributed by atoms with Crippen molar-refractivity contribution in [3.05, 3.63) is 29.6 Å². The Morgan fingerprint density at radius 1 is 1.53 bits per heavy atom. The number of nitrogens with zero attached hydrogens (tertiary/aromatic N) is 2. The molecule has 2 rings (SSSR count). The minimum atomic E-state index is -1.10. The molecule has 1 amide bonds. The normalized spacial score (nSPS) is 19.2. The fourth-order valence-electron chi connectivity index (χ4n) is 1.98. The number of hydrogen-bond acceptors (Lipinski definition) is 4. The third-order valence-electron chi connectivity index (χ3n) is 3.11. The summed E-state index contributed by atoms with van der Waals surface area (Å²) < 4.78 is 5.51. The third-order valence-corrected chi connectivity index (χ3v) is 3.11. The van der Waals surface area contributed by atoms with Gasteiger partial charge in [-0.1, -0.05) is 6.92 Å². The van der Waals surface area contributed by atoms with Gasteiger partial charge in [-0.2, -0.15) is 0 Å². The van der Waals surface area contributed by atoms with Crippen LogP contribution in [0.1, 0.15) is 34.2 Å². The quantitative estimate of drug-likeness (QED) is 0.882. The molecular formula is C13H16N2O4. The fourth-order valence-corrected chi connectivity index (χ4v) is 1.98. The first kappa shape index (κ1) is 13.5. The summed E-state index contributed by atoms with van der Waals surface area (Å²) in [6, 6.07) is 2.84.